The Balaban J connectivity index is 1.67. The fraction of sp³-hybridized carbons (Fsp3) is 0.381. The van der Waals surface area contributed by atoms with Gasteiger partial charge in [-0.15, -0.1) is 0 Å². The van der Waals surface area contributed by atoms with Crippen molar-refractivity contribution in [3.05, 3.63) is 59.9 Å². The normalized spacial score (nSPS) is 13.2. The number of aryl methyl sites for hydroxylation is 1. The summed E-state index contributed by atoms with van der Waals surface area (Å²) in [5.41, 5.74) is 4.33. The third-order valence-corrected chi connectivity index (χ3v) is 4.42. The smallest absolute Gasteiger partial charge is 0.122 e. The van der Waals surface area contributed by atoms with E-state index in [1.807, 2.05) is 35.8 Å². The van der Waals surface area contributed by atoms with E-state index < -0.39 is 6.10 Å². The summed E-state index contributed by atoms with van der Waals surface area (Å²) in [7, 11) is 0. The summed E-state index contributed by atoms with van der Waals surface area (Å²) in [4.78, 5) is 4.35. The number of fused-ring (bicyclic) bond motifs is 1. The summed E-state index contributed by atoms with van der Waals surface area (Å²) in [5, 5.41) is 10.4. The van der Waals surface area contributed by atoms with E-state index in [-0.39, 0.29) is 12.0 Å². The fourth-order valence-corrected chi connectivity index (χ4v) is 2.84. The molecule has 3 aromatic rings. The first-order chi connectivity index (χ1) is 11.8. The second kappa shape index (κ2) is 6.89. The van der Waals surface area contributed by atoms with Crippen LogP contribution in [0.25, 0.3) is 11.0 Å². The number of hydrogen-bond acceptors (Lipinski definition) is 3. The van der Waals surface area contributed by atoms with Crippen molar-refractivity contribution in [2.75, 3.05) is 6.61 Å². The number of nitrogens with zero attached hydrogens (tertiary/aromatic N) is 2. The molecule has 3 rings (SSSR count). The van der Waals surface area contributed by atoms with Gasteiger partial charge in [0.1, 0.15) is 18.5 Å². The Bertz CT molecular complexity index is 862. The lowest BCUT2D eigenvalue weighted by Gasteiger charge is -2.21. The van der Waals surface area contributed by atoms with Crippen molar-refractivity contribution in [1.29, 1.82) is 0 Å². The van der Waals surface area contributed by atoms with Crippen LogP contribution < -0.4 is 4.74 Å². The summed E-state index contributed by atoms with van der Waals surface area (Å²) < 4.78 is 7.87. The van der Waals surface area contributed by atoms with Gasteiger partial charge >= 0.3 is 0 Å². The molecular weight excluding hydrogens is 312 g/mol. The lowest BCUT2D eigenvalue weighted by Crippen LogP contribution is -2.23. The van der Waals surface area contributed by atoms with E-state index in [9.17, 15) is 5.11 Å². The summed E-state index contributed by atoms with van der Waals surface area (Å²) >= 11 is 0. The molecule has 1 heterocycles. The standard InChI is InChI=1S/C21H26N2O2/c1-15-9-10-16(21(2,3)4)11-20(15)25-13-17(24)12-23-14-22-18-7-5-6-8-19(18)23/h5-11,14,17,24H,12-13H2,1-4H3. The minimum atomic E-state index is -0.602. The third kappa shape index (κ3) is 4.02. The number of benzene rings is 2. The van der Waals surface area contributed by atoms with Crippen LogP contribution in [0, 0.1) is 6.92 Å². The van der Waals surface area contributed by atoms with E-state index in [4.69, 9.17) is 4.74 Å². The lowest BCUT2D eigenvalue weighted by molar-refractivity contribution is 0.0930. The summed E-state index contributed by atoms with van der Waals surface area (Å²) in [6.07, 6.45) is 1.16. The Morgan fingerprint density at radius 2 is 1.92 bits per heavy atom. The monoisotopic (exact) mass is 338 g/mol. The van der Waals surface area contributed by atoms with Gasteiger partial charge in [0.25, 0.3) is 0 Å². The minimum Gasteiger partial charge on any atom is -0.491 e. The Kier molecular flexibility index (Phi) is 4.82. The topological polar surface area (TPSA) is 47.3 Å². The molecule has 0 bridgehead atoms. The van der Waals surface area contributed by atoms with Gasteiger partial charge in [-0.05, 0) is 41.7 Å². The van der Waals surface area contributed by atoms with Crippen LogP contribution in [0.2, 0.25) is 0 Å². The first kappa shape index (κ1) is 17.5. The second-order valence-corrected chi connectivity index (χ2v) is 7.58. The number of rotatable bonds is 5. The lowest BCUT2D eigenvalue weighted by atomic mass is 9.86. The SMILES string of the molecule is Cc1ccc(C(C)(C)C)cc1OCC(O)Cn1cnc2ccccc21. The van der Waals surface area contributed by atoms with Crippen molar-refractivity contribution < 1.29 is 9.84 Å². The zero-order valence-electron chi connectivity index (χ0n) is 15.4. The Labute approximate surface area is 149 Å². The van der Waals surface area contributed by atoms with Crippen molar-refractivity contribution in [3.63, 3.8) is 0 Å². The average Bonchev–Trinajstić information content (AvgIpc) is 2.96. The number of imidazole rings is 1. The van der Waals surface area contributed by atoms with Gasteiger partial charge in [0.15, 0.2) is 0 Å². The number of para-hydroxylation sites is 2. The van der Waals surface area contributed by atoms with Crippen LogP contribution >= 0.6 is 0 Å². The van der Waals surface area contributed by atoms with Crippen molar-refractivity contribution >= 4 is 11.0 Å². The molecule has 1 unspecified atom stereocenters. The molecule has 0 aliphatic heterocycles. The predicted octanol–water partition coefficient (Wildman–Crippen LogP) is 4.08. The van der Waals surface area contributed by atoms with Crippen LogP contribution in [0.1, 0.15) is 31.9 Å². The van der Waals surface area contributed by atoms with Crippen LogP contribution in [0.5, 0.6) is 5.75 Å². The van der Waals surface area contributed by atoms with Gasteiger partial charge in [-0.25, -0.2) is 4.98 Å². The molecule has 1 N–H and O–H groups in total. The Hall–Kier alpha value is -2.33. The van der Waals surface area contributed by atoms with Crippen molar-refractivity contribution in [1.82, 2.24) is 9.55 Å². The predicted molar refractivity (Wildman–Crippen MR) is 101 cm³/mol. The summed E-state index contributed by atoms with van der Waals surface area (Å²) in [6, 6.07) is 14.2. The van der Waals surface area contributed by atoms with Gasteiger partial charge in [0.05, 0.1) is 23.9 Å². The van der Waals surface area contributed by atoms with Crippen LogP contribution in [0.3, 0.4) is 0 Å². The maximum Gasteiger partial charge on any atom is 0.122 e. The molecular formula is C21H26N2O2. The van der Waals surface area contributed by atoms with Crippen LogP contribution in [0.15, 0.2) is 48.8 Å². The maximum absolute atomic E-state index is 10.4. The number of aliphatic hydroxyl groups excluding tert-OH is 1. The van der Waals surface area contributed by atoms with E-state index in [2.05, 4.69) is 44.0 Å². The molecule has 0 aliphatic carbocycles. The number of aliphatic hydroxyl groups is 1. The van der Waals surface area contributed by atoms with Crippen LogP contribution in [-0.2, 0) is 12.0 Å². The van der Waals surface area contributed by atoms with E-state index in [0.717, 1.165) is 22.3 Å². The summed E-state index contributed by atoms with van der Waals surface area (Å²) in [5.74, 6) is 0.835. The largest absolute Gasteiger partial charge is 0.491 e. The highest BCUT2D eigenvalue weighted by Gasteiger charge is 2.16. The first-order valence-corrected chi connectivity index (χ1v) is 8.66. The van der Waals surface area contributed by atoms with Gasteiger partial charge < -0.3 is 14.4 Å². The van der Waals surface area contributed by atoms with Crippen molar-refractivity contribution in [2.24, 2.45) is 0 Å². The second-order valence-electron chi connectivity index (χ2n) is 7.58. The van der Waals surface area contributed by atoms with Crippen molar-refractivity contribution in [3.8, 4) is 5.75 Å². The molecule has 0 fully saturated rings. The highest BCUT2D eigenvalue weighted by molar-refractivity contribution is 5.74. The Morgan fingerprint density at radius 3 is 2.68 bits per heavy atom. The fourth-order valence-electron chi connectivity index (χ4n) is 2.84. The molecule has 0 saturated carbocycles. The molecule has 0 aliphatic rings. The first-order valence-electron chi connectivity index (χ1n) is 8.66. The number of aromatic nitrogens is 2. The van der Waals surface area contributed by atoms with Crippen LogP contribution in [0.4, 0.5) is 0 Å². The average molecular weight is 338 g/mol. The molecule has 2 aromatic carbocycles. The molecule has 4 nitrogen and oxygen atoms in total. The van der Waals surface area contributed by atoms with E-state index in [0.29, 0.717) is 6.54 Å². The molecule has 4 heteroatoms. The molecule has 0 radical (unpaired) electrons. The number of ether oxygens (including phenoxy) is 1. The third-order valence-electron chi connectivity index (χ3n) is 4.42. The zero-order chi connectivity index (χ0) is 18.0. The summed E-state index contributed by atoms with van der Waals surface area (Å²) in [6.45, 7) is 9.28. The number of hydrogen-bond donors (Lipinski definition) is 1. The molecule has 0 amide bonds. The molecule has 1 aromatic heterocycles. The van der Waals surface area contributed by atoms with Gasteiger partial charge in [-0.2, -0.15) is 0 Å². The quantitative estimate of drug-likeness (QED) is 0.762. The molecule has 0 saturated heterocycles. The highest BCUT2D eigenvalue weighted by atomic mass is 16.5. The Morgan fingerprint density at radius 1 is 1.16 bits per heavy atom. The molecule has 132 valence electrons. The van der Waals surface area contributed by atoms with E-state index >= 15 is 0 Å². The maximum atomic E-state index is 10.4. The van der Waals surface area contributed by atoms with Gasteiger partial charge in [0, 0.05) is 0 Å². The van der Waals surface area contributed by atoms with Gasteiger partial charge in [-0.1, -0.05) is 45.0 Å². The molecule has 25 heavy (non-hydrogen) atoms. The minimum absolute atomic E-state index is 0.0696. The van der Waals surface area contributed by atoms with Crippen molar-refractivity contribution in [2.45, 2.75) is 45.8 Å². The van der Waals surface area contributed by atoms with Gasteiger partial charge in [0.2, 0.25) is 0 Å². The zero-order valence-corrected chi connectivity index (χ0v) is 15.4. The molecule has 0 spiro atoms. The highest BCUT2D eigenvalue weighted by Crippen LogP contribution is 2.28. The van der Waals surface area contributed by atoms with E-state index in [1.54, 1.807) is 6.33 Å². The van der Waals surface area contributed by atoms with E-state index in [1.165, 1.54) is 5.56 Å². The van der Waals surface area contributed by atoms with Crippen LogP contribution in [-0.4, -0.2) is 27.4 Å². The van der Waals surface area contributed by atoms with Gasteiger partial charge in [-0.3, -0.25) is 0 Å². The molecule has 1 atom stereocenters.